The van der Waals surface area contributed by atoms with E-state index < -0.39 is 17.6 Å². The smallest absolute Gasteiger partial charge is 0.303 e. The van der Waals surface area contributed by atoms with E-state index in [1.807, 2.05) is 12.1 Å². The highest BCUT2D eigenvalue weighted by molar-refractivity contribution is 7.18. The van der Waals surface area contributed by atoms with Crippen LogP contribution in [-0.4, -0.2) is 22.0 Å². The molecule has 0 spiro atoms. The third-order valence-electron chi connectivity index (χ3n) is 4.43. The number of amides is 1. The van der Waals surface area contributed by atoms with E-state index in [9.17, 15) is 18.4 Å². The molecule has 1 heterocycles. The van der Waals surface area contributed by atoms with E-state index in [1.165, 1.54) is 11.0 Å². The number of carbonyl (C=O) groups excluding carboxylic acids is 1. The van der Waals surface area contributed by atoms with Crippen LogP contribution in [-0.2, 0) is 22.6 Å². The van der Waals surface area contributed by atoms with Gasteiger partial charge in [-0.25, -0.2) is 13.8 Å². The fraction of sp³-hybridized carbons (Fsp3) is 0.286. The van der Waals surface area contributed by atoms with Crippen molar-refractivity contribution >= 4 is 39.1 Å². The van der Waals surface area contributed by atoms with Gasteiger partial charge in [0.05, 0.1) is 23.2 Å². The second kappa shape index (κ2) is 9.09. The van der Waals surface area contributed by atoms with Crippen LogP contribution >= 0.6 is 11.3 Å². The molecule has 0 aliphatic heterocycles. The summed E-state index contributed by atoms with van der Waals surface area (Å²) in [6.07, 6.45) is 1.45. The van der Waals surface area contributed by atoms with Crippen LogP contribution in [0.3, 0.4) is 0 Å². The van der Waals surface area contributed by atoms with Crippen LogP contribution in [0, 0.1) is 11.6 Å². The van der Waals surface area contributed by atoms with Gasteiger partial charge < -0.3 is 10.0 Å². The summed E-state index contributed by atoms with van der Waals surface area (Å²) in [7, 11) is 0. The minimum Gasteiger partial charge on any atom is -0.481 e. The molecule has 8 heteroatoms. The number of carbonyl (C=O) groups is 2. The lowest BCUT2D eigenvalue weighted by Crippen LogP contribution is -2.30. The van der Waals surface area contributed by atoms with E-state index in [-0.39, 0.29) is 30.0 Å². The number of hydrogen-bond acceptors (Lipinski definition) is 4. The summed E-state index contributed by atoms with van der Waals surface area (Å²) >= 11 is 0.978. The van der Waals surface area contributed by atoms with Crippen molar-refractivity contribution in [3.05, 3.63) is 58.6 Å². The van der Waals surface area contributed by atoms with E-state index in [0.717, 1.165) is 35.8 Å². The molecule has 0 aliphatic carbocycles. The number of hydrogen-bond donors (Lipinski definition) is 1. The lowest BCUT2D eigenvalue weighted by Gasteiger charge is -2.22. The van der Waals surface area contributed by atoms with Gasteiger partial charge in [0.15, 0.2) is 11.6 Å². The molecule has 0 aliphatic rings. The third kappa shape index (κ3) is 4.95. The Morgan fingerprint density at radius 2 is 1.83 bits per heavy atom. The monoisotopic (exact) mass is 418 g/mol. The Balaban J connectivity index is 1.91. The number of carboxylic acid groups (broad SMARTS) is 1. The topological polar surface area (TPSA) is 70.5 Å². The number of nitrogens with zero attached hydrogens (tertiary/aromatic N) is 2. The number of halogens is 2. The van der Waals surface area contributed by atoms with Gasteiger partial charge in [-0.1, -0.05) is 25.5 Å². The molecule has 1 amide bonds. The van der Waals surface area contributed by atoms with Gasteiger partial charge in [0.1, 0.15) is 5.01 Å². The van der Waals surface area contributed by atoms with Gasteiger partial charge in [-0.05, 0) is 36.2 Å². The van der Waals surface area contributed by atoms with Crippen LogP contribution in [0.15, 0.2) is 36.4 Å². The quantitative estimate of drug-likeness (QED) is 0.563. The lowest BCUT2D eigenvalue weighted by atomic mass is 10.1. The minimum absolute atomic E-state index is 0.0476. The Labute approximate surface area is 170 Å². The fourth-order valence-electron chi connectivity index (χ4n) is 2.99. The average Bonchev–Trinajstić information content (AvgIpc) is 3.12. The molecule has 3 rings (SSSR count). The van der Waals surface area contributed by atoms with Crippen molar-refractivity contribution in [2.75, 3.05) is 4.90 Å². The van der Waals surface area contributed by atoms with Crippen molar-refractivity contribution in [1.29, 1.82) is 0 Å². The van der Waals surface area contributed by atoms with Crippen molar-refractivity contribution < 1.29 is 23.5 Å². The largest absolute Gasteiger partial charge is 0.481 e. The van der Waals surface area contributed by atoms with Crippen molar-refractivity contribution in [3.8, 4) is 0 Å². The van der Waals surface area contributed by atoms with Crippen LogP contribution in [0.25, 0.3) is 10.2 Å². The molecule has 0 saturated carbocycles. The highest BCUT2D eigenvalue weighted by Gasteiger charge is 2.20. The first-order valence-corrected chi connectivity index (χ1v) is 10.0. The number of aromatic nitrogens is 1. The van der Waals surface area contributed by atoms with Gasteiger partial charge in [-0.2, -0.15) is 0 Å². The molecule has 29 heavy (non-hydrogen) atoms. The average molecular weight is 418 g/mol. The molecule has 2 aromatic carbocycles. The predicted molar refractivity (Wildman–Crippen MR) is 108 cm³/mol. The molecule has 0 radical (unpaired) electrons. The predicted octanol–water partition coefficient (Wildman–Crippen LogP) is 4.93. The van der Waals surface area contributed by atoms with Crippen LogP contribution in [0.5, 0.6) is 0 Å². The van der Waals surface area contributed by atoms with Gasteiger partial charge in [-0.3, -0.25) is 9.59 Å². The third-order valence-corrected chi connectivity index (χ3v) is 5.48. The molecule has 5 nitrogen and oxygen atoms in total. The Morgan fingerprint density at radius 3 is 2.48 bits per heavy atom. The highest BCUT2D eigenvalue weighted by atomic mass is 32.1. The van der Waals surface area contributed by atoms with Crippen molar-refractivity contribution in [2.24, 2.45) is 0 Å². The molecule has 3 aromatic rings. The summed E-state index contributed by atoms with van der Waals surface area (Å²) in [5.41, 5.74) is 2.05. The van der Waals surface area contributed by atoms with Crippen LogP contribution < -0.4 is 4.90 Å². The van der Waals surface area contributed by atoms with Crippen molar-refractivity contribution in [1.82, 2.24) is 4.98 Å². The highest BCUT2D eigenvalue weighted by Crippen LogP contribution is 2.29. The molecule has 0 fully saturated rings. The zero-order chi connectivity index (χ0) is 21.0. The zero-order valence-electron chi connectivity index (χ0n) is 15.8. The van der Waals surface area contributed by atoms with E-state index in [2.05, 4.69) is 11.9 Å². The number of rotatable bonds is 8. The summed E-state index contributed by atoms with van der Waals surface area (Å²) in [6.45, 7) is 2.12. The summed E-state index contributed by atoms with van der Waals surface area (Å²) in [5, 5.41) is 9.33. The summed E-state index contributed by atoms with van der Waals surface area (Å²) in [6, 6.07) is 9.86. The second-order valence-corrected chi connectivity index (χ2v) is 7.69. The molecule has 0 saturated heterocycles. The SMILES string of the molecule is CCCc1ccc(N(Cc2nc3ccc(F)c(F)c3s2)C(=O)CCC(=O)O)cc1. The van der Waals surface area contributed by atoms with Gasteiger partial charge in [-0.15, -0.1) is 11.3 Å². The maximum absolute atomic E-state index is 14.0. The van der Waals surface area contributed by atoms with Crippen LogP contribution in [0.4, 0.5) is 14.5 Å². The Morgan fingerprint density at radius 1 is 1.10 bits per heavy atom. The zero-order valence-corrected chi connectivity index (χ0v) is 16.6. The van der Waals surface area contributed by atoms with Crippen LogP contribution in [0.1, 0.15) is 36.8 Å². The second-order valence-electron chi connectivity index (χ2n) is 6.61. The summed E-state index contributed by atoms with van der Waals surface area (Å²) < 4.78 is 27.6. The molecular weight excluding hydrogens is 398 g/mol. The first-order valence-electron chi connectivity index (χ1n) is 9.23. The molecule has 0 unspecified atom stereocenters. The van der Waals surface area contributed by atoms with Crippen molar-refractivity contribution in [3.63, 3.8) is 0 Å². The molecular formula is C21H20F2N2O3S. The standard InChI is InChI=1S/C21H20F2N2O3S/c1-2-3-13-4-6-14(7-5-13)25(18(26)10-11-19(27)28)12-17-24-16-9-8-15(22)20(23)21(16)29-17/h4-9H,2-3,10-12H2,1H3,(H,27,28). The fourth-order valence-corrected chi connectivity index (χ4v) is 3.97. The molecule has 1 aromatic heterocycles. The van der Waals surface area contributed by atoms with E-state index in [4.69, 9.17) is 5.11 Å². The van der Waals surface area contributed by atoms with Crippen molar-refractivity contribution in [2.45, 2.75) is 39.2 Å². The Bertz CT molecular complexity index is 1030. The lowest BCUT2D eigenvalue weighted by molar-refractivity contribution is -0.138. The van der Waals surface area contributed by atoms with Crippen LogP contribution in [0.2, 0.25) is 0 Å². The maximum atomic E-state index is 14.0. The number of anilines is 1. The Hall–Kier alpha value is -2.87. The van der Waals surface area contributed by atoms with Gasteiger partial charge >= 0.3 is 5.97 Å². The summed E-state index contributed by atoms with van der Waals surface area (Å²) in [4.78, 5) is 29.3. The minimum atomic E-state index is -1.06. The first kappa shape index (κ1) is 20.9. The molecule has 0 atom stereocenters. The van der Waals surface area contributed by atoms with Gasteiger partial charge in [0.25, 0.3) is 0 Å². The summed E-state index contributed by atoms with van der Waals surface area (Å²) in [5.74, 6) is -3.34. The number of aliphatic carboxylic acids is 1. The molecule has 152 valence electrons. The van der Waals surface area contributed by atoms with Gasteiger partial charge in [0, 0.05) is 12.1 Å². The number of thiazole rings is 1. The first-order chi connectivity index (χ1) is 13.9. The van der Waals surface area contributed by atoms with E-state index in [0.29, 0.717) is 16.2 Å². The van der Waals surface area contributed by atoms with Gasteiger partial charge in [0.2, 0.25) is 5.91 Å². The van der Waals surface area contributed by atoms with E-state index in [1.54, 1.807) is 12.1 Å². The number of fused-ring (bicyclic) bond motifs is 1. The normalized spacial score (nSPS) is 11.0. The Kier molecular flexibility index (Phi) is 6.53. The number of aryl methyl sites for hydroxylation is 1. The number of benzene rings is 2. The molecule has 1 N–H and O–H groups in total. The van der Waals surface area contributed by atoms with E-state index >= 15 is 0 Å². The molecule has 0 bridgehead atoms. The number of carboxylic acids is 1. The maximum Gasteiger partial charge on any atom is 0.303 e.